The van der Waals surface area contributed by atoms with Crippen molar-refractivity contribution in [3.8, 4) is 11.5 Å². The number of ether oxygens (including phenoxy) is 2. The fourth-order valence-electron chi connectivity index (χ4n) is 2.89. The maximum absolute atomic E-state index is 12.8. The van der Waals surface area contributed by atoms with Crippen LogP contribution in [0, 0.1) is 3.77 Å². The van der Waals surface area contributed by atoms with Crippen molar-refractivity contribution in [3.63, 3.8) is 0 Å². The fourth-order valence-corrected chi connectivity index (χ4v) is 4.27. The quantitative estimate of drug-likeness (QED) is 0.522. The van der Waals surface area contributed by atoms with E-state index in [4.69, 9.17) is 13.9 Å². The van der Waals surface area contributed by atoms with Gasteiger partial charge in [0.1, 0.15) is 19.1 Å². The predicted molar refractivity (Wildman–Crippen MR) is 104 cm³/mol. The monoisotopic (exact) mass is 481 g/mol. The second kappa shape index (κ2) is 6.16. The molecule has 2 aromatic heterocycles. The summed E-state index contributed by atoms with van der Waals surface area (Å²) >= 11 is 3.48. The number of halogens is 1. The molecule has 0 aliphatic carbocycles. The number of hydrogen-bond acceptors (Lipinski definition) is 7. The molecule has 0 saturated carbocycles. The van der Waals surface area contributed by atoms with Gasteiger partial charge in [0.25, 0.3) is 5.56 Å². The van der Waals surface area contributed by atoms with E-state index in [2.05, 4.69) is 27.6 Å². The molecule has 0 N–H and O–H groups in total. The minimum Gasteiger partial charge on any atom is -0.454 e. The largest absolute Gasteiger partial charge is 0.454 e. The molecule has 0 unspecified atom stereocenters. The zero-order chi connectivity index (χ0) is 17.7. The van der Waals surface area contributed by atoms with Crippen LogP contribution in [0.25, 0.3) is 6.08 Å². The summed E-state index contributed by atoms with van der Waals surface area (Å²) in [5.41, 5.74) is 0.874. The molecule has 2 aliphatic heterocycles. The van der Waals surface area contributed by atoms with Gasteiger partial charge in [-0.25, -0.2) is 4.99 Å². The van der Waals surface area contributed by atoms with Gasteiger partial charge in [-0.15, -0.1) is 0 Å². The van der Waals surface area contributed by atoms with Crippen molar-refractivity contribution in [3.05, 3.63) is 59.5 Å². The molecule has 9 heteroatoms. The minimum absolute atomic E-state index is 0.0643. The van der Waals surface area contributed by atoms with Crippen LogP contribution in [0.5, 0.6) is 11.5 Å². The fraction of sp³-hybridized carbons (Fsp3) is 0.176. The molecule has 0 atom stereocenters. The summed E-state index contributed by atoms with van der Waals surface area (Å²) in [4.78, 5) is 20.1. The zero-order valence-corrected chi connectivity index (χ0v) is 16.3. The zero-order valence-electron chi connectivity index (χ0n) is 13.3. The average molecular weight is 481 g/mol. The van der Waals surface area contributed by atoms with Crippen LogP contribution in [0.3, 0.4) is 0 Å². The molecule has 4 heterocycles. The topological polar surface area (TPSA) is 69.2 Å². The third kappa shape index (κ3) is 2.71. The van der Waals surface area contributed by atoms with E-state index >= 15 is 0 Å². The highest BCUT2D eigenvalue weighted by Gasteiger charge is 2.19. The predicted octanol–water partition coefficient (Wildman–Crippen LogP) is 1.72. The molecular weight excluding hydrogens is 469 g/mol. The highest BCUT2D eigenvalue weighted by Crippen LogP contribution is 2.35. The first kappa shape index (κ1) is 15.9. The van der Waals surface area contributed by atoms with E-state index in [1.165, 1.54) is 11.3 Å². The Balaban J connectivity index is 1.50. The van der Waals surface area contributed by atoms with Crippen molar-refractivity contribution in [1.82, 2.24) is 4.57 Å². The van der Waals surface area contributed by atoms with Crippen LogP contribution >= 0.6 is 33.9 Å². The molecule has 132 valence electrons. The molecular formula is C17H12IN3O4S. The summed E-state index contributed by atoms with van der Waals surface area (Å²) in [5, 5.41) is 0. The van der Waals surface area contributed by atoms with Crippen molar-refractivity contribution in [2.45, 2.75) is 6.67 Å². The minimum atomic E-state index is -0.0643. The van der Waals surface area contributed by atoms with Crippen LogP contribution < -0.4 is 29.3 Å². The molecule has 26 heavy (non-hydrogen) atoms. The first-order chi connectivity index (χ1) is 12.7. The molecule has 2 aliphatic rings. The van der Waals surface area contributed by atoms with Crippen LogP contribution in [0.15, 0.2) is 44.5 Å². The smallest absolute Gasteiger partial charge is 0.271 e. The van der Waals surface area contributed by atoms with E-state index in [1.807, 2.05) is 35.2 Å². The number of benzene rings is 1. The number of hydrogen-bond donors (Lipinski definition) is 0. The summed E-state index contributed by atoms with van der Waals surface area (Å²) in [7, 11) is 0. The Morgan fingerprint density at radius 1 is 1.19 bits per heavy atom. The summed E-state index contributed by atoms with van der Waals surface area (Å²) < 4.78 is 19.4. The van der Waals surface area contributed by atoms with Crippen LogP contribution in [-0.4, -0.2) is 18.0 Å². The summed E-state index contributed by atoms with van der Waals surface area (Å²) in [6.45, 7) is 1.16. The van der Waals surface area contributed by atoms with Crippen LogP contribution in [0.1, 0.15) is 5.76 Å². The molecule has 0 amide bonds. The molecule has 0 bridgehead atoms. The van der Waals surface area contributed by atoms with E-state index in [0.717, 1.165) is 20.0 Å². The third-order valence-corrected chi connectivity index (χ3v) is 5.79. The number of furan rings is 1. The maximum Gasteiger partial charge on any atom is 0.271 e. The second-order valence-electron chi connectivity index (χ2n) is 5.79. The molecule has 5 rings (SSSR count). The van der Waals surface area contributed by atoms with Gasteiger partial charge in [0.15, 0.2) is 20.1 Å². The normalized spacial score (nSPS) is 15.9. The molecule has 1 aromatic carbocycles. The Hall–Kier alpha value is -2.27. The number of nitrogens with zero attached hydrogens (tertiary/aromatic N) is 3. The van der Waals surface area contributed by atoms with Crippen LogP contribution in [0.4, 0.5) is 5.69 Å². The number of rotatable bonds is 2. The van der Waals surface area contributed by atoms with Crippen molar-refractivity contribution in [2.75, 3.05) is 18.4 Å². The molecule has 0 fully saturated rings. The van der Waals surface area contributed by atoms with E-state index < -0.39 is 0 Å². The van der Waals surface area contributed by atoms with Crippen molar-refractivity contribution in [2.24, 2.45) is 4.99 Å². The first-order valence-corrected chi connectivity index (χ1v) is 9.73. The Kier molecular flexibility index (Phi) is 3.78. The average Bonchev–Trinajstić information content (AvgIpc) is 3.35. The lowest BCUT2D eigenvalue weighted by Crippen LogP contribution is -2.42. The lowest BCUT2D eigenvalue weighted by molar-refractivity contribution is 0.174. The van der Waals surface area contributed by atoms with Gasteiger partial charge < -0.3 is 18.8 Å². The van der Waals surface area contributed by atoms with Gasteiger partial charge in [0.2, 0.25) is 6.79 Å². The molecule has 3 aromatic rings. The number of aromatic nitrogens is 1. The lowest BCUT2D eigenvalue weighted by atomic mass is 10.2. The van der Waals surface area contributed by atoms with Gasteiger partial charge in [0, 0.05) is 17.8 Å². The number of fused-ring (bicyclic) bond motifs is 2. The van der Waals surface area contributed by atoms with Crippen LogP contribution in [-0.2, 0) is 6.67 Å². The Morgan fingerprint density at radius 2 is 2.08 bits per heavy atom. The number of anilines is 1. The molecule has 0 spiro atoms. The van der Waals surface area contributed by atoms with Gasteiger partial charge in [-0.1, -0.05) is 11.3 Å². The van der Waals surface area contributed by atoms with E-state index in [0.29, 0.717) is 29.4 Å². The summed E-state index contributed by atoms with van der Waals surface area (Å²) in [6, 6.07) is 9.45. The van der Waals surface area contributed by atoms with E-state index in [1.54, 1.807) is 10.6 Å². The van der Waals surface area contributed by atoms with Gasteiger partial charge in [0.05, 0.1) is 4.53 Å². The van der Waals surface area contributed by atoms with Gasteiger partial charge in [-0.05, 0) is 46.9 Å². The summed E-state index contributed by atoms with van der Waals surface area (Å²) in [5.74, 6) is 2.12. The first-order valence-electron chi connectivity index (χ1n) is 7.83. The lowest BCUT2D eigenvalue weighted by Gasteiger charge is -2.25. The number of thiazole rings is 1. The van der Waals surface area contributed by atoms with Crippen molar-refractivity contribution < 1.29 is 13.9 Å². The van der Waals surface area contributed by atoms with Crippen molar-refractivity contribution >= 4 is 45.7 Å². The maximum atomic E-state index is 12.8. The molecule has 7 nitrogen and oxygen atoms in total. The molecule has 0 radical (unpaired) electrons. The van der Waals surface area contributed by atoms with Gasteiger partial charge in [-0.2, -0.15) is 0 Å². The van der Waals surface area contributed by atoms with Gasteiger partial charge >= 0.3 is 0 Å². The van der Waals surface area contributed by atoms with E-state index in [-0.39, 0.29) is 12.4 Å². The SMILES string of the molecule is O=c1/c(=C/c2ccc(I)o2)sc2n1CN(c1ccc3c(c1)OCO3)CN=2. The highest BCUT2D eigenvalue weighted by molar-refractivity contribution is 14.1. The van der Waals surface area contributed by atoms with Crippen LogP contribution in [0.2, 0.25) is 0 Å². The molecule has 0 saturated heterocycles. The standard InChI is InChI=1S/C17H12IN3O4S/c18-15-4-2-11(25-15)6-14-16(22)21-8-20(7-19-17(21)26-14)10-1-3-12-13(5-10)24-9-23-12/h1-6H,7-9H2/b14-6-. The Bertz CT molecular complexity index is 1180. The van der Waals surface area contributed by atoms with Gasteiger partial charge in [-0.3, -0.25) is 9.36 Å². The second-order valence-corrected chi connectivity index (χ2v) is 7.86. The van der Waals surface area contributed by atoms with E-state index in [9.17, 15) is 4.79 Å². The summed E-state index contributed by atoms with van der Waals surface area (Å²) in [6.07, 6.45) is 1.76. The third-order valence-electron chi connectivity index (χ3n) is 4.17. The Morgan fingerprint density at radius 3 is 2.92 bits per heavy atom. The highest BCUT2D eigenvalue weighted by atomic mass is 127. The Labute approximate surface area is 164 Å². The van der Waals surface area contributed by atoms with Crippen molar-refractivity contribution in [1.29, 1.82) is 0 Å².